The quantitative estimate of drug-likeness (QED) is 0.410. The summed E-state index contributed by atoms with van der Waals surface area (Å²) in [6.45, 7) is 5.45. The molecule has 0 radical (unpaired) electrons. The van der Waals surface area contributed by atoms with Crippen molar-refractivity contribution in [3.63, 3.8) is 0 Å². The second-order valence-electron chi connectivity index (χ2n) is 11.7. The van der Waals surface area contributed by atoms with Crippen LogP contribution in [0.3, 0.4) is 0 Å². The van der Waals surface area contributed by atoms with E-state index in [1.54, 1.807) is 32.9 Å². The maximum atomic E-state index is 14.1. The average Bonchev–Trinajstić information content (AvgIpc) is 3.48. The molecule has 0 spiro atoms. The van der Waals surface area contributed by atoms with E-state index in [-0.39, 0.29) is 24.5 Å². The number of amides is 5. The van der Waals surface area contributed by atoms with Crippen LogP contribution in [-0.2, 0) is 36.8 Å². The monoisotopic (exact) mass is 591 g/mol. The fourth-order valence-electron chi connectivity index (χ4n) is 5.69. The molecule has 2 heterocycles. The Kier molecular flexibility index (Phi) is 10.1. The van der Waals surface area contributed by atoms with Gasteiger partial charge in [0.2, 0.25) is 29.5 Å². The molecule has 4 rings (SSSR count). The maximum Gasteiger partial charge on any atom is 0.246 e. The zero-order valence-electron chi connectivity index (χ0n) is 25.1. The number of benzene rings is 2. The number of fused-ring (bicyclic) bond motifs is 1. The van der Waals surface area contributed by atoms with Crippen LogP contribution in [0.5, 0.6) is 5.75 Å². The van der Waals surface area contributed by atoms with E-state index < -0.39 is 59.7 Å². The molecule has 5 unspecified atom stereocenters. The number of nitrogens with one attached hydrogen (secondary N) is 3. The van der Waals surface area contributed by atoms with Gasteiger partial charge in [0.05, 0.1) is 0 Å². The van der Waals surface area contributed by atoms with Crippen LogP contribution in [0, 0.1) is 5.92 Å². The number of aromatic hydroxyl groups is 1. The summed E-state index contributed by atoms with van der Waals surface area (Å²) in [7, 11) is 1.51. The zero-order chi connectivity index (χ0) is 31.3. The van der Waals surface area contributed by atoms with Crippen LogP contribution in [0.25, 0.3) is 0 Å². The van der Waals surface area contributed by atoms with Gasteiger partial charge in [0, 0.05) is 26.4 Å². The Labute approximate surface area is 252 Å². The van der Waals surface area contributed by atoms with E-state index in [1.165, 1.54) is 29.0 Å². The normalized spacial score (nSPS) is 25.9. The lowest BCUT2D eigenvalue weighted by Gasteiger charge is -2.32. The Morgan fingerprint density at radius 1 is 0.814 bits per heavy atom. The van der Waals surface area contributed by atoms with Gasteiger partial charge in [-0.1, -0.05) is 56.3 Å². The summed E-state index contributed by atoms with van der Waals surface area (Å²) in [5, 5.41) is 18.2. The van der Waals surface area contributed by atoms with Crippen molar-refractivity contribution in [2.75, 3.05) is 13.6 Å². The number of hydrogen-bond acceptors (Lipinski definition) is 6. The topological polar surface area (TPSA) is 148 Å². The van der Waals surface area contributed by atoms with Gasteiger partial charge in [-0.05, 0) is 48.9 Å². The number of carbonyl (C=O) groups is 5. The highest BCUT2D eigenvalue weighted by atomic mass is 16.3. The zero-order valence-corrected chi connectivity index (χ0v) is 25.1. The summed E-state index contributed by atoms with van der Waals surface area (Å²) in [4.78, 5) is 71.2. The van der Waals surface area contributed by atoms with Gasteiger partial charge in [-0.3, -0.25) is 24.0 Å². The van der Waals surface area contributed by atoms with Crippen molar-refractivity contribution in [3.05, 3.63) is 65.7 Å². The molecule has 0 saturated carbocycles. The lowest BCUT2D eigenvalue weighted by atomic mass is 10.0. The molecule has 0 aliphatic carbocycles. The van der Waals surface area contributed by atoms with Crippen LogP contribution in [0.2, 0.25) is 0 Å². The first kappa shape index (κ1) is 31.5. The van der Waals surface area contributed by atoms with Crippen molar-refractivity contribution in [1.82, 2.24) is 25.8 Å². The van der Waals surface area contributed by atoms with E-state index in [1.807, 2.05) is 30.3 Å². The van der Waals surface area contributed by atoms with Crippen molar-refractivity contribution in [2.24, 2.45) is 5.92 Å². The largest absolute Gasteiger partial charge is 0.508 e. The first-order valence-electron chi connectivity index (χ1n) is 14.8. The third-order valence-electron chi connectivity index (χ3n) is 8.20. The van der Waals surface area contributed by atoms with Crippen LogP contribution < -0.4 is 16.0 Å². The molecule has 2 saturated heterocycles. The van der Waals surface area contributed by atoms with E-state index in [2.05, 4.69) is 16.0 Å². The van der Waals surface area contributed by atoms with Gasteiger partial charge < -0.3 is 30.9 Å². The SMILES string of the molecule is CC1NC(=O)C(C(C)C)NC(=O)C2CCCN2C(=O)C(Cc2ccc(O)cc2)NC(=O)C(Cc2ccccc2)N(C)C1=O. The molecule has 0 bridgehead atoms. The second-order valence-corrected chi connectivity index (χ2v) is 11.7. The van der Waals surface area contributed by atoms with Crippen molar-refractivity contribution in [3.8, 4) is 5.75 Å². The molecule has 2 fully saturated rings. The summed E-state index contributed by atoms with van der Waals surface area (Å²) in [5.74, 6) is -2.65. The van der Waals surface area contributed by atoms with Crippen LogP contribution >= 0.6 is 0 Å². The Morgan fingerprint density at radius 3 is 2.12 bits per heavy atom. The lowest BCUT2D eigenvalue weighted by Crippen LogP contribution is -2.58. The molecule has 230 valence electrons. The highest BCUT2D eigenvalue weighted by Gasteiger charge is 2.41. The minimum absolute atomic E-state index is 0.0671. The summed E-state index contributed by atoms with van der Waals surface area (Å²) in [6, 6.07) is 10.8. The predicted octanol–water partition coefficient (Wildman–Crippen LogP) is 1.14. The maximum absolute atomic E-state index is 14.1. The first-order valence-corrected chi connectivity index (χ1v) is 14.8. The molecule has 2 aromatic rings. The van der Waals surface area contributed by atoms with Gasteiger partial charge in [-0.15, -0.1) is 0 Å². The Hall–Kier alpha value is -4.41. The Morgan fingerprint density at radius 2 is 1.47 bits per heavy atom. The van der Waals surface area contributed by atoms with Crippen LogP contribution in [0.15, 0.2) is 54.6 Å². The number of phenolic OH excluding ortho intramolecular Hbond substituents is 1. The molecule has 2 aromatic carbocycles. The number of carbonyl (C=O) groups excluding carboxylic acids is 5. The standard InChI is InChI=1S/C32H41N5O6/c1-19(2)27-30(41)33-20(3)31(42)36(4)26(18-21-9-6-5-7-10-21)29(40)34-24(17-22-12-14-23(38)15-13-22)32(43)37-16-8-11-25(37)28(39)35-27/h5-7,9-10,12-15,19-20,24-27,38H,8,11,16-18H2,1-4H3,(H,33,41)(H,34,40)(H,35,39). The third kappa shape index (κ3) is 7.52. The molecule has 5 amide bonds. The number of hydrogen-bond donors (Lipinski definition) is 4. The highest BCUT2D eigenvalue weighted by Crippen LogP contribution is 2.22. The lowest BCUT2D eigenvalue weighted by molar-refractivity contribution is -0.144. The van der Waals surface area contributed by atoms with Crippen LogP contribution in [-0.4, -0.2) is 88.2 Å². The molecule has 43 heavy (non-hydrogen) atoms. The van der Waals surface area contributed by atoms with Gasteiger partial charge in [-0.2, -0.15) is 0 Å². The fraction of sp³-hybridized carbons (Fsp3) is 0.469. The molecule has 11 heteroatoms. The van der Waals surface area contributed by atoms with Gasteiger partial charge in [-0.25, -0.2) is 0 Å². The summed E-state index contributed by atoms with van der Waals surface area (Å²) in [5.41, 5.74) is 1.51. The van der Waals surface area contributed by atoms with E-state index in [4.69, 9.17) is 0 Å². The number of phenols is 1. The number of likely N-dealkylation sites (N-methyl/N-ethyl adjacent to an activating group) is 1. The second kappa shape index (κ2) is 13.7. The van der Waals surface area contributed by atoms with Gasteiger partial charge >= 0.3 is 0 Å². The van der Waals surface area contributed by atoms with E-state index in [9.17, 15) is 29.1 Å². The van der Waals surface area contributed by atoms with Gasteiger partial charge in [0.1, 0.15) is 36.0 Å². The Balaban J connectivity index is 1.76. The molecular weight excluding hydrogens is 550 g/mol. The summed E-state index contributed by atoms with van der Waals surface area (Å²) < 4.78 is 0. The Bertz CT molecular complexity index is 1330. The minimum atomic E-state index is -1.05. The van der Waals surface area contributed by atoms with E-state index in [0.29, 0.717) is 24.9 Å². The third-order valence-corrected chi connectivity index (χ3v) is 8.20. The molecule has 2 aliphatic heterocycles. The predicted molar refractivity (Wildman–Crippen MR) is 160 cm³/mol. The van der Waals surface area contributed by atoms with E-state index >= 15 is 0 Å². The molecule has 0 aromatic heterocycles. The van der Waals surface area contributed by atoms with Crippen molar-refractivity contribution < 1.29 is 29.1 Å². The molecular formula is C32H41N5O6. The fourth-order valence-corrected chi connectivity index (χ4v) is 5.69. The summed E-state index contributed by atoms with van der Waals surface area (Å²) in [6.07, 6.45) is 1.29. The van der Waals surface area contributed by atoms with Crippen LogP contribution in [0.1, 0.15) is 44.7 Å². The molecule has 5 atom stereocenters. The number of nitrogens with zero attached hydrogens (tertiary/aromatic N) is 2. The van der Waals surface area contributed by atoms with Crippen LogP contribution in [0.4, 0.5) is 0 Å². The molecule has 2 aliphatic rings. The van der Waals surface area contributed by atoms with Gasteiger partial charge in [0.25, 0.3) is 0 Å². The van der Waals surface area contributed by atoms with Crippen molar-refractivity contribution in [1.29, 1.82) is 0 Å². The van der Waals surface area contributed by atoms with Crippen molar-refractivity contribution >= 4 is 29.5 Å². The van der Waals surface area contributed by atoms with E-state index in [0.717, 1.165) is 5.56 Å². The molecule has 11 nitrogen and oxygen atoms in total. The summed E-state index contributed by atoms with van der Waals surface area (Å²) >= 11 is 0. The minimum Gasteiger partial charge on any atom is -0.508 e. The number of rotatable bonds is 5. The highest BCUT2D eigenvalue weighted by molar-refractivity contribution is 5.98. The van der Waals surface area contributed by atoms with Crippen molar-refractivity contribution in [2.45, 2.75) is 76.7 Å². The van der Waals surface area contributed by atoms with Gasteiger partial charge in [0.15, 0.2) is 0 Å². The average molecular weight is 592 g/mol. The molecule has 4 N–H and O–H groups in total. The smallest absolute Gasteiger partial charge is 0.246 e. The first-order chi connectivity index (χ1) is 20.5.